The Balaban J connectivity index is 2.04. The van der Waals surface area contributed by atoms with Crippen molar-refractivity contribution in [2.24, 2.45) is 0 Å². The number of hydrogen-bond acceptors (Lipinski definition) is 4. The predicted octanol–water partition coefficient (Wildman–Crippen LogP) is 3.62. The van der Waals surface area contributed by atoms with Gasteiger partial charge in [0.1, 0.15) is 11.3 Å². The van der Waals surface area contributed by atoms with Gasteiger partial charge in [-0.05, 0) is 43.0 Å². The third-order valence-corrected chi connectivity index (χ3v) is 3.97. The first-order valence-corrected chi connectivity index (χ1v) is 8.33. The molecule has 0 aliphatic carbocycles. The van der Waals surface area contributed by atoms with E-state index in [0.717, 1.165) is 35.2 Å². The fourth-order valence-electron chi connectivity index (χ4n) is 2.60. The van der Waals surface area contributed by atoms with E-state index >= 15 is 0 Å². The molecule has 0 spiro atoms. The maximum Gasteiger partial charge on any atom is 0.342 e. The van der Waals surface area contributed by atoms with E-state index in [2.05, 4.69) is 5.32 Å². The van der Waals surface area contributed by atoms with E-state index in [-0.39, 0.29) is 11.3 Å². The summed E-state index contributed by atoms with van der Waals surface area (Å²) in [7, 11) is 0. The average molecular weight is 341 g/mol. The van der Waals surface area contributed by atoms with Gasteiger partial charge in [0.15, 0.2) is 6.61 Å². The molecule has 0 saturated carbocycles. The van der Waals surface area contributed by atoms with Crippen LogP contribution in [0.15, 0.2) is 36.4 Å². The summed E-state index contributed by atoms with van der Waals surface area (Å²) in [6.07, 6.45) is 1.58. The Bertz CT molecular complexity index is 761. The Labute approximate surface area is 147 Å². The minimum absolute atomic E-state index is 0.0519. The van der Waals surface area contributed by atoms with Crippen molar-refractivity contribution in [3.05, 3.63) is 58.7 Å². The molecule has 132 valence electrons. The van der Waals surface area contributed by atoms with Gasteiger partial charge in [-0.2, -0.15) is 0 Å². The molecular formula is C20H23NO4. The second-order valence-electron chi connectivity index (χ2n) is 5.80. The molecule has 0 heterocycles. The summed E-state index contributed by atoms with van der Waals surface area (Å²) in [4.78, 5) is 24.2. The standard InChI is InChI=1S/C20H23NO4/c1-4-14-7-6-8-15(5-2)19(14)21-18(23)12-25-20(24)16-11-13(3)9-10-17(16)22/h6-11,22H,4-5,12H2,1-3H3,(H,21,23). The predicted molar refractivity (Wildman–Crippen MR) is 97.0 cm³/mol. The van der Waals surface area contributed by atoms with Gasteiger partial charge in [0, 0.05) is 5.69 Å². The highest BCUT2D eigenvalue weighted by molar-refractivity contribution is 5.97. The minimum Gasteiger partial charge on any atom is -0.507 e. The van der Waals surface area contributed by atoms with Crippen LogP contribution in [0.4, 0.5) is 5.69 Å². The van der Waals surface area contributed by atoms with E-state index in [4.69, 9.17) is 4.74 Å². The highest BCUT2D eigenvalue weighted by atomic mass is 16.5. The topological polar surface area (TPSA) is 75.6 Å². The first-order chi connectivity index (χ1) is 12.0. The fraction of sp³-hybridized carbons (Fsp3) is 0.300. The Hall–Kier alpha value is -2.82. The van der Waals surface area contributed by atoms with Crippen LogP contribution in [0.3, 0.4) is 0 Å². The second kappa shape index (κ2) is 8.33. The third kappa shape index (κ3) is 4.59. The number of anilines is 1. The van der Waals surface area contributed by atoms with Crippen LogP contribution >= 0.6 is 0 Å². The van der Waals surface area contributed by atoms with Gasteiger partial charge >= 0.3 is 5.97 Å². The number of benzene rings is 2. The molecule has 0 fully saturated rings. The molecule has 1 amide bonds. The summed E-state index contributed by atoms with van der Waals surface area (Å²) >= 11 is 0. The van der Waals surface area contributed by atoms with Crippen LogP contribution in [0.2, 0.25) is 0 Å². The lowest BCUT2D eigenvalue weighted by atomic mass is 10.0. The van der Waals surface area contributed by atoms with Crippen LogP contribution in [0.1, 0.15) is 40.9 Å². The summed E-state index contributed by atoms with van der Waals surface area (Å²) in [6.45, 7) is 5.43. The number of amides is 1. The monoisotopic (exact) mass is 341 g/mol. The van der Waals surface area contributed by atoms with Crippen molar-refractivity contribution in [3.8, 4) is 5.75 Å². The van der Waals surface area contributed by atoms with Gasteiger partial charge in [-0.3, -0.25) is 4.79 Å². The lowest BCUT2D eigenvalue weighted by Crippen LogP contribution is -2.22. The van der Waals surface area contributed by atoms with Crippen LogP contribution in [-0.4, -0.2) is 23.6 Å². The molecule has 0 atom stereocenters. The molecule has 0 unspecified atom stereocenters. The number of nitrogens with one attached hydrogen (secondary N) is 1. The number of para-hydroxylation sites is 1. The van der Waals surface area contributed by atoms with Crippen LogP contribution < -0.4 is 5.32 Å². The van der Waals surface area contributed by atoms with Gasteiger partial charge in [0.2, 0.25) is 0 Å². The molecule has 0 radical (unpaired) electrons. The summed E-state index contributed by atoms with van der Waals surface area (Å²) < 4.78 is 5.03. The summed E-state index contributed by atoms with van der Waals surface area (Å²) in [5.74, 6) is -1.30. The van der Waals surface area contributed by atoms with E-state index in [1.54, 1.807) is 13.0 Å². The quantitative estimate of drug-likeness (QED) is 0.787. The van der Waals surface area contributed by atoms with Crippen molar-refractivity contribution in [2.45, 2.75) is 33.6 Å². The molecule has 0 aliphatic heterocycles. The van der Waals surface area contributed by atoms with Crippen LogP contribution in [0.5, 0.6) is 5.75 Å². The smallest absolute Gasteiger partial charge is 0.342 e. The van der Waals surface area contributed by atoms with Gasteiger partial charge in [-0.15, -0.1) is 0 Å². The van der Waals surface area contributed by atoms with Crippen molar-refractivity contribution >= 4 is 17.6 Å². The summed E-state index contributed by atoms with van der Waals surface area (Å²) in [5, 5.41) is 12.6. The molecule has 25 heavy (non-hydrogen) atoms. The number of esters is 1. The molecule has 2 rings (SSSR count). The zero-order chi connectivity index (χ0) is 18.4. The largest absolute Gasteiger partial charge is 0.507 e. The highest BCUT2D eigenvalue weighted by Crippen LogP contribution is 2.23. The zero-order valence-corrected chi connectivity index (χ0v) is 14.8. The number of carbonyl (C=O) groups excluding carboxylic acids is 2. The number of rotatable bonds is 6. The molecule has 2 aromatic rings. The Morgan fingerprint density at radius 3 is 2.32 bits per heavy atom. The molecule has 0 aromatic heterocycles. The second-order valence-corrected chi connectivity index (χ2v) is 5.80. The van der Waals surface area contributed by atoms with Gasteiger partial charge in [0.05, 0.1) is 0 Å². The maximum atomic E-state index is 12.2. The Morgan fingerprint density at radius 2 is 1.72 bits per heavy atom. The van der Waals surface area contributed by atoms with E-state index in [1.165, 1.54) is 12.1 Å². The lowest BCUT2D eigenvalue weighted by molar-refractivity contribution is -0.119. The van der Waals surface area contributed by atoms with E-state index < -0.39 is 18.5 Å². The summed E-state index contributed by atoms with van der Waals surface area (Å²) in [5.41, 5.74) is 3.73. The number of ether oxygens (including phenoxy) is 1. The number of hydrogen-bond donors (Lipinski definition) is 2. The number of phenolic OH excluding ortho intramolecular Hbond substituents is 1. The van der Waals surface area contributed by atoms with Crippen molar-refractivity contribution in [1.29, 1.82) is 0 Å². The SMILES string of the molecule is CCc1cccc(CC)c1NC(=O)COC(=O)c1cc(C)ccc1O. The first kappa shape index (κ1) is 18.5. The molecule has 5 heteroatoms. The zero-order valence-electron chi connectivity index (χ0n) is 14.8. The average Bonchev–Trinajstić information content (AvgIpc) is 2.61. The molecule has 0 saturated heterocycles. The number of aryl methyl sites for hydroxylation is 3. The van der Waals surface area contributed by atoms with Crippen molar-refractivity contribution in [3.63, 3.8) is 0 Å². The molecule has 2 N–H and O–H groups in total. The third-order valence-electron chi connectivity index (χ3n) is 3.97. The first-order valence-electron chi connectivity index (χ1n) is 8.33. The van der Waals surface area contributed by atoms with Crippen molar-refractivity contribution in [2.75, 3.05) is 11.9 Å². The van der Waals surface area contributed by atoms with Crippen molar-refractivity contribution < 1.29 is 19.4 Å². The highest BCUT2D eigenvalue weighted by Gasteiger charge is 2.16. The molecule has 0 aliphatic rings. The molecule has 5 nitrogen and oxygen atoms in total. The van der Waals surface area contributed by atoms with Gasteiger partial charge in [0.25, 0.3) is 5.91 Å². The number of phenols is 1. The summed E-state index contributed by atoms with van der Waals surface area (Å²) in [6, 6.07) is 10.5. The van der Waals surface area contributed by atoms with Gasteiger partial charge in [-0.1, -0.05) is 43.7 Å². The van der Waals surface area contributed by atoms with Crippen LogP contribution in [-0.2, 0) is 22.4 Å². The van der Waals surface area contributed by atoms with Gasteiger partial charge in [-0.25, -0.2) is 4.79 Å². The van der Waals surface area contributed by atoms with Crippen molar-refractivity contribution in [1.82, 2.24) is 0 Å². The molecular weight excluding hydrogens is 318 g/mol. The minimum atomic E-state index is -0.726. The lowest BCUT2D eigenvalue weighted by Gasteiger charge is -2.14. The van der Waals surface area contributed by atoms with Crippen LogP contribution in [0.25, 0.3) is 0 Å². The normalized spacial score (nSPS) is 10.4. The number of carbonyl (C=O) groups is 2. The Kier molecular flexibility index (Phi) is 6.17. The van der Waals surface area contributed by atoms with E-state index in [0.29, 0.717) is 0 Å². The van der Waals surface area contributed by atoms with Crippen LogP contribution in [0, 0.1) is 6.92 Å². The van der Waals surface area contributed by atoms with E-state index in [1.807, 2.05) is 32.0 Å². The number of aromatic hydroxyl groups is 1. The molecule has 2 aromatic carbocycles. The Morgan fingerprint density at radius 1 is 1.08 bits per heavy atom. The molecule has 0 bridgehead atoms. The van der Waals surface area contributed by atoms with Gasteiger partial charge < -0.3 is 15.2 Å². The maximum absolute atomic E-state index is 12.2. The fourth-order valence-corrected chi connectivity index (χ4v) is 2.60. The van der Waals surface area contributed by atoms with E-state index in [9.17, 15) is 14.7 Å².